The normalized spacial score (nSPS) is 10.6. The van der Waals surface area contributed by atoms with Crippen LogP contribution in [0.1, 0.15) is 0 Å². The van der Waals surface area contributed by atoms with E-state index in [1.807, 2.05) is 10.6 Å². The van der Waals surface area contributed by atoms with Crippen molar-refractivity contribution in [1.82, 2.24) is 9.38 Å². The standard InChI is InChI=1S/C7H6ClN3/c8-5-4-11-2-1-10-7(11)3-6(5)9/h1-4H,9H2. The first-order valence-electron chi connectivity index (χ1n) is 3.15. The Balaban J connectivity index is 2.86. The molecular weight excluding hydrogens is 162 g/mol. The van der Waals surface area contributed by atoms with Crippen LogP contribution in [0.5, 0.6) is 0 Å². The van der Waals surface area contributed by atoms with Gasteiger partial charge in [-0.2, -0.15) is 0 Å². The first kappa shape index (κ1) is 6.49. The lowest BCUT2D eigenvalue weighted by Gasteiger charge is -1.97. The van der Waals surface area contributed by atoms with Gasteiger partial charge < -0.3 is 10.1 Å². The lowest BCUT2D eigenvalue weighted by molar-refractivity contribution is 1.19. The molecule has 3 nitrogen and oxygen atoms in total. The molecule has 4 heteroatoms. The fraction of sp³-hybridized carbons (Fsp3) is 0. The van der Waals surface area contributed by atoms with E-state index in [0.717, 1.165) is 5.65 Å². The van der Waals surface area contributed by atoms with Crippen molar-refractivity contribution in [3.05, 3.63) is 29.7 Å². The summed E-state index contributed by atoms with van der Waals surface area (Å²) in [7, 11) is 0. The molecule has 2 aromatic heterocycles. The summed E-state index contributed by atoms with van der Waals surface area (Å²) in [5.74, 6) is 0. The number of hydrogen-bond donors (Lipinski definition) is 1. The molecule has 0 bridgehead atoms. The van der Waals surface area contributed by atoms with Gasteiger partial charge in [0.1, 0.15) is 5.65 Å². The second-order valence-corrected chi connectivity index (χ2v) is 2.68. The molecule has 0 aliphatic carbocycles. The molecule has 0 atom stereocenters. The van der Waals surface area contributed by atoms with Crippen molar-refractivity contribution in [2.45, 2.75) is 0 Å². The van der Waals surface area contributed by atoms with Crippen molar-refractivity contribution in [2.75, 3.05) is 5.73 Å². The average molecular weight is 168 g/mol. The number of fused-ring (bicyclic) bond motifs is 1. The smallest absolute Gasteiger partial charge is 0.138 e. The zero-order valence-corrected chi connectivity index (χ0v) is 6.42. The highest BCUT2D eigenvalue weighted by Gasteiger charge is 1.98. The summed E-state index contributed by atoms with van der Waals surface area (Å²) in [6, 6.07) is 1.74. The van der Waals surface area contributed by atoms with Gasteiger partial charge in [0.25, 0.3) is 0 Å². The Labute approximate surface area is 68.4 Å². The fourth-order valence-corrected chi connectivity index (χ4v) is 1.11. The van der Waals surface area contributed by atoms with Crippen LogP contribution in [0.4, 0.5) is 5.69 Å². The zero-order valence-electron chi connectivity index (χ0n) is 5.66. The van der Waals surface area contributed by atoms with Crippen molar-refractivity contribution in [3.8, 4) is 0 Å². The third-order valence-electron chi connectivity index (χ3n) is 1.51. The summed E-state index contributed by atoms with van der Waals surface area (Å²) in [4.78, 5) is 4.04. The number of nitrogens with zero attached hydrogens (tertiary/aromatic N) is 2. The molecule has 11 heavy (non-hydrogen) atoms. The fourth-order valence-electron chi connectivity index (χ4n) is 0.950. The van der Waals surface area contributed by atoms with E-state index in [0.29, 0.717) is 10.7 Å². The first-order valence-corrected chi connectivity index (χ1v) is 3.53. The Kier molecular flexibility index (Phi) is 1.26. The minimum Gasteiger partial charge on any atom is -0.397 e. The van der Waals surface area contributed by atoms with Crippen LogP contribution in [0.15, 0.2) is 24.7 Å². The predicted octanol–water partition coefficient (Wildman–Crippen LogP) is 1.57. The molecule has 0 saturated heterocycles. The van der Waals surface area contributed by atoms with Crippen molar-refractivity contribution < 1.29 is 0 Å². The van der Waals surface area contributed by atoms with Crippen LogP contribution in [-0.4, -0.2) is 9.38 Å². The Hall–Kier alpha value is -1.22. The highest BCUT2D eigenvalue weighted by atomic mass is 35.5. The Morgan fingerprint density at radius 1 is 1.55 bits per heavy atom. The molecule has 2 rings (SSSR count). The lowest BCUT2D eigenvalue weighted by atomic mass is 10.4. The zero-order chi connectivity index (χ0) is 7.84. The second kappa shape index (κ2) is 2.13. The Morgan fingerprint density at radius 3 is 3.18 bits per heavy atom. The van der Waals surface area contributed by atoms with Crippen LogP contribution in [0.3, 0.4) is 0 Å². The maximum atomic E-state index is 5.77. The number of pyridine rings is 1. The van der Waals surface area contributed by atoms with Gasteiger partial charge in [-0.1, -0.05) is 11.6 Å². The van der Waals surface area contributed by atoms with E-state index in [1.54, 1.807) is 18.5 Å². The van der Waals surface area contributed by atoms with Crippen LogP contribution >= 0.6 is 11.6 Å². The van der Waals surface area contributed by atoms with E-state index < -0.39 is 0 Å². The highest BCUT2D eigenvalue weighted by Crippen LogP contribution is 2.18. The molecule has 0 unspecified atom stereocenters. The van der Waals surface area contributed by atoms with Gasteiger partial charge in [0.05, 0.1) is 10.7 Å². The van der Waals surface area contributed by atoms with Gasteiger partial charge in [-0.25, -0.2) is 4.98 Å². The number of hydrogen-bond acceptors (Lipinski definition) is 2. The molecule has 2 heterocycles. The number of rotatable bonds is 0. The average Bonchev–Trinajstić information content (AvgIpc) is 2.36. The third kappa shape index (κ3) is 0.935. The molecular formula is C7H6ClN3. The summed E-state index contributed by atoms with van der Waals surface area (Å²) in [6.07, 6.45) is 5.25. The van der Waals surface area contributed by atoms with E-state index in [-0.39, 0.29) is 0 Å². The molecule has 0 amide bonds. The molecule has 0 saturated carbocycles. The second-order valence-electron chi connectivity index (χ2n) is 2.27. The minimum absolute atomic E-state index is 0.551. The van der Waals surface area contributed by atoms with Gasteiger partial charge in [0.15, 0.2) is 0 Å². The van der Waals surface area contributed by atoms with Gasteiger partial charge in [-0.15, -0.1) is 0 Å². The largest absolute Gasteiger partial charge is 0.397 e. The molecule has 0 radical (unpaired) electrons. The topological polar surface area (TPSA) is 43.3 Å². The number of halogens is 1. The molecule has 56 valence electrons. The van der Waals surface area contributed by atoms with Crippen LogP contribution in [0.2, 0.25) is 5.02 Å². The monoisotopic (exact) mass is 167 g/mol. The molecule has 0 aliphatic heterocycles. The molecule has 0 aromatic carbocycles. The molecule has 0 fully saturated rings. The SMILES string of the molecule is Nc1cc2nccn2cc1Cl. The highest BCUT2D eigenvalue weighted by molar-refractivity contribution is 6.33. The number of imidazole rings is 1. The van der Waals surface area contributed by atoms with Gasteiger partial charge in [0.2, 0.25) is 0 Å². The quantitative estimate of drug-likeness (QED) is 0.647. The van der Waals surface area contributed by atoms with E-state index in [4.69, 9.17) is 17.3 Å². The van der Waals surface area contributed by atoms with Crippen LogP contribution in [0.25, 0.3) is 5.65 Å². The van der Waals surface area contributed by atoms with Crippen molar-refractivity contribution in [1.29, 1.82) is 0 Å². The summed E-state index contributed by atoms with van der Waals surface area (Å²) < 4.78 is 1.82. The number of aromatic nitrogens is 2. The van der Waals surface area contributed by atoms with E-state index in [2.05, 4.69) is 4.98 Å². The van der Waals surface area contributed by atoms with Crippen LogP contribution in [-0.2, 0) is 0 Å². The maximum absolute atomic E-state index is 5.77. The van der Waals surface area contributed by atoms with Crippen LogP contribution < -0.4 is 5.73 Å². The van der Waals surface area contributed by atoms with Gasteiger partial charge in [-0.3, -0.25) is 0 Å². The summed E-state index contributed by atoms with van der Waals surface area (Å²) >= 11 is 5.77. The van der Waals surface area contributed by atoms with Gasteiger partial charge in [0, 0.05) is 24.7 Å². The van der Waals surface area contributed by atoms with Crippen molar-refractivity contribution in [3.63, 3.8) is 0 Å². The van der Waals surface area contributed by atoms with Crippen molar-refractivity contribution in [2.24, 2.45) is 0 Å². The number of nitrogens with two attached hydrogens (primary N) is 1. The number of nitrogen functional groups attached to an aromatic ring is 1. The lowest BCUT2D eigenvalue weighted by Crippen LogP contribution is -1.90. The predicted molar refractivity (Wildman–Crippen MR) is 44.6 cm³/mol. The maximum Gasteiger partial charge on any atom is 0.138 e. The van der Waals surface area contributed by atoms with E-state index >= 15 is 0 Å². The summed E-state index contributed by atoms with van der Waals surface area (Å²) in [5, 5.41) is 0.551. The van der Waals surface area contributed by atoms with Gasteiger partial charge >= 0.3 is 0 Å². The van der Waals surface area contributed by atoms with Crippen LogP contribution in [0, 0.1) is 0 Å². The van der Waals surface area contributed by atoms with E-state index in [9.17, 15) is 0 Å². The molecule has 0 aliphatic rings. The molecule has 2 N–H and O–H groups in total. The first-order chi connectivity index (χ1) is 5.27. The third-order valence-corrected chi connectivity index (χ3v) is 1.83. The minimum atomic E-state index is 0.551. The molecule has 0 spiro atoms. The summed E-state index contributed by atoms with van der Waals surface area (Å²) in [6.45, 7) is 0. The summed E-state index contributed by atoms with van der Waals surface area (Å²) in [5.41, 5.74) is 6.93. The van der Waals surface area contributed by atoms with Crippen molar-refractivity contribution >= 4 is 22.9 Å². The Bertz CT molecular complexity index is 357. The van der Waals surface area contributed by atoms with E-state index in [1.165, 1.54) is 0 Å². The number of anilines is 1. The molecule has 2 aromatic rings. The Morgan fingerprint density at radius 2 is 2.36 bits per heavy atom. The van der Waals surface area contributed by atoms with Gasteiger partial charge in [-0.05, 0) is 0 Å².